The summed E-state index contributed by atoms with van der Waals surface area (Å²) in [4.78, 5) is 26.2. The van der Waals surface area contributed by atoms with E-state index < -0.39 is 0 Å². The van der Waals surface area contributed by atoms with Crippen molar-refractivity contribution in [1.29, 1.82) is 0 Å². The van der Waals surface area contributed by atoms with Crippen molar-refractivity contribution in [2.45, 2.75) is 39.7 Å². The molecule has 0 saturated heterocycles. The van der Waals surface area contributed by atoms with Gasteiger partial charge in [-0.3, -0.25) is 4.79 Å². The molecule has 7 nitrogen and oxygen atoms in total. The molecule has 4 rings (SSSR count). The van der Waals surface area contributed by atoms with Crippen LogP contribution in [0, 0.1) is 6.92 Å². The number of unbranched alkanes of at least 4 members (excludes halogenated alkanes) is 1. The fourth-order valence-corrected chi connectivity index (χ4v) is 3.59. The molecule has 1 amide bonds. The van der Waals surface area contributed by atoms with E-state index in [1.54, 1.807) is 12.1 Å². The molecule has 4 aromatic rings. The Morgan fingerprint density at radius 2 is 1.87 bits per heavy atom. The summed E-state index contributed by atoms with van der Waals surface area (Å²) in [7, 11) is 0. The predicted octanol–water partition coefficient (Wildman–Crippen LogP) is 4.37. The van der Waals surface area contributed by atoms with Gasteiger partial charge in [-0.05, 0) is 43.2 Å². The number of rotatable bonds is 7. The predicted molar refractivity (Wildman–Crippen MR) is 124 cm³/mol. The fourth-order valence-electron chi connectivity index (χ4n) is 3.59. The Labute approximate surface area is 181 Å². The highest BCUT2D eigenvalue weighted by Crippen LogP contribution is 2.25. The molecule has 0 bridgehead atoms. The number of carbonyl (C=O) groups excluding carboxylic acids is 1. The van der Waals surface area contributed by atoms with Crippen LogP contribution >= 0.6 is 0 Å². The standard InChI is InChI=1S/C24H26N6O/c1-3-4-12-30-16(2)26-20-11-10-19(27-24(20)30)18-14-21(25)28-22(15-18)29-23(31)13-17-8-6-5-7-9-17/h5-11,14-15H,3-4,12-13H2,1-2H3,(H3,25,28,29,31). The van der Waals surface area contributed by atoms with Gasteiger partial charge in [-0.2, -0.15) is 0 Å². The molecule has 0 aliphatic rings. The minimum Gasteiger partial charge on any atom is -0.384 e. The molecule has 0 radical (unpaired) electrons. The molecule has 7 heteroatoms. The average Bonchev–Trinajstić information content (AvgIpc) is 3.06. The van der Waals surface area contributed by atoms with Crippen molar-refractivity contribution < 1.29 is 4.79 Å². The minimum absolute atomic E-state index is 0.146. The third kappa shape index (κ3) is 4.71. The van der Waals surface area contributed by atoms with Crippen molar-refractivity contribution >= 4 is 28.7 Å². The first-order valence-electron chi connectivity index (χ1n) is 10.5. The first-order chi connectivity index (χ1) is 15.0. The van der Waals surface area contributed by atoms with E-state index in [0.29, 0.717) is 11.6 Å². The first-order valence-corrected chi connectivity index (χ1v) is 10.5. The second-order valence-corrected chi connectivity index (χ2v) is 7.58. The van der Waals surface area contributed by atoms with E-state index in [4.69, 9.17) is 10.7 Å². The number of fused-ring (bicyclic) bond motifs is 1. The topological polar surface area (TPSA) is 98.7 Å². The number of aromatic nitrogens is 4. The highest BCUT2D eigenvalue weighted by Gasteiger charge is 2.12. The molecular formula is C24H26N6O. The fraction of sp³-hybridized carbons (Fsp3) is 0.250. The lowest BCUT2D eigenvalue weighted by atomic mass is 10.1. The zero-order valence-electron chi connectivity index (χ0n) is 17.8. The van der Waals surface area contributed by atoms with Gasteiger partial charge < -0.3 is 15.6 Å². The Kier molecular flexibility index (Phi) is 5.93. The highest BCUT2D eigenvalue weighted by molar-refractivity contribution is 5.92. The maximum atomic E-state index is 12.4. The Bertz CT molecular complexity index is 1220. The molecule has 0 aliphatic heterocycles. The van der Waals surface area contributed by atoms with E-state index in [1.807, 2.05) is 49.4 Å². The molecule has 0 saturated carbocycles. The lowest BCUT2D eigenvalue weighted by Crippen LogP contribution is -2.15. The van der Waals surface area contributed by atoms with E-state index in [2.05, 4.69) is 26.8 Å². The van der Waals surface area contributed by atoms with Crippen molar-refractivity contribution in [3.05, 3.63) is 66.0 Å². The van der Waals surface area contributed by atoms with Crippen LogP contribution in [0.2, 0.25) is 0 Å². The summed E-state index contributed by atoms with van der Waals surface area (Å²) in [5, 5.41) is 2.85. The zero-order chi connectivity index (χ0) is 21.8. The number of imidazole rings is 1. The summed E-state index contributed by atoms with van der Waals surface area (Å²) in [5.74, 6) is 1.54. The number of benzene rings is 1. The van der Waals surface area contributed by atoms with Crippen LogP contribution in [0.4, 0.5) is 11.6 Å². The molecule has 3 N–H and O–H groups in total. The molecule has 3 heterocycles. The minimum atomic E-state index is -0.146. The number of nitrogen functional groups attached to an aromatic ring is 1. The van der Waals surface area contributed by atoms with E-state index in [1.165, 1.54) is 0 Å². The van der Waals surface area contributed by atoms with Gasteiger partial charge in [0.15, 0.2) is 5.65 Å². The molecule has 0 aliphatic carbocycles. The van der Waals surface area contributed by atoms with Crippen LogP contribution in [0.1, 0.15) is 31.2 Å². The van der Waals surface area contributed by atoms with Gasteiger partial charge in [0.1, 0.15) is 23.0 Å². The third-order valence-corrected chi connectivity index (χ3v) is 5.13. The number of amides is 1. The van der Waals surface area contributed by atoms with Crippen LogP contribution in [0.5, 0.6) is 0 Å². The summed E-state index contributed by atoms with van der Waals surface area (Å²) in [6.07, 6.45) is 2.44. The summed E-state index contributed by atoms with van der Waals surface area (Å²) < 4.78 is 2.15. The maximum absolute atomic E-state index is 12.4. The second kappa shape index (κ2) is 8.95. The van der Waals surface area contributed by atoms with Crippen molar-refractivity contribution in [1.82, 2.24) is 19.5 Å². The largest absolute Gasteiger partial charge is 0.384 e. The number of nitrogens with one attached hydrogen (secondary N) is 1. The van der Waals surface area contributed by atoms with Gasteiger partial charge in [0.2, 0.25) is 5.91 Å². The van der Waals surface area contributed by atoms with Crippen LogP contribution < -0.4 is 11.1 Å². The first kappa shape index (κ1) is 20.5. The molecule has 0 spiro atoms. The number of anilines is 2. The van der Waals surface area contributed by atoms with Crippen LogP contribution in [0.25, 0.3) is 22.4 Å². The van der Waals surface area contributed by atoms with Gasteiger partial charge in [0.05, 0.1) is 12.1 Å². The SMILES string of the molecule is CCCCn1c(C)nc2ccc(-c3cc(N)nc(NC(=O)Cc4ccccc4)c3)nc21. The van der Waals surface area contributed by atoms with Crippen molar-refractivity contribution in [2.24, 2.45) is 0 Å². The summed E-state index contributed by atoms with van der Waals surface area (Å²) >= 11 is 0. The van der Waals surface area contributed by atoms with Crippen molar-refractivity contribution in [3.63, 3.8) is 0 Å². The number of nitrogens with zero attached hydrogens (tertiary/aromatic N) is 4. The number of aryl methyl sites for hydroxylation is 2. The van der Waals surface area contributed by atoms with Crippen LogP contribution in [-0.4, -0.2) is 25.4 Å². The molecule has 0 atom stereocenters. The van der Waals surface area contributed by atoms with Crippen LogP contribution in [0.15, 0.2) is 54.6 Å². The summed E-state index contributed by atoms with van der Waals surface area (Å²) in [5.41, 5.74) is 10.3. The van der Waals surface area contributed by atoms with E-state index in [0.717, 1.165) is 53.2 Å². The average molecular weight is 415 g/mol. The Hall–Kier alpha value is -3.74. The summed E-state index contributed by atoms with van der Waals surface area (Å²) in [6.45, 7) is 5.05. The van der Waals surface area contributed by atoms with E-state index in [9.17, 15) is 4.79 Å². The quantitative estimate of drug-likeness (QED) is 0.468. The number of hydrogen-bond acceptors (Lipinski definition) is 5. The molecule has 31 heavy (non-hydrogen) atoms. The Morgan fingerprint density at radius 3 is 2.65 bits per heavy atom. The molecule has 158 valence electrons. The van der Waals surface area contributed by atoms with Crippen molar-refractivity contribution in [3.8, 4) is 11.3 Å². The normalized spacial score (nSPS) is 11.0. The van der Waals surface area contributed by atoms with Gasteiger partial charge in [0, 0.05) is 12.1 Å². The third-order valence-electron chi connectivity index (χ3n) is 5.13. The number of pyridine rings is 2. The second-order valence-electron chi connectivity index (χ2n) is 7.58. The van der Waals surface area contributed by atoms with Gasteiger partial charge in [0.25, 0.3) is 0 Å². The summed E-state index contributed by atoms with van der Waals surface area (Å²) in [6, 6.07) is 17.0. The Balaban J connectivity index is 1.61. The van der Waals surface area contributed by atoms with Crippen molar-refractivity contribution in [2.75, 3.05) is 11.1 Å². The van der Waals surface area contributed by atoms with Gasteiger partial charge in [-0.15, -0.1) is 0 Å². The van der Waals surface area contributed by atoms with E-state index >= 15 is 0 Å². The number of carbonyl (C=O) groups is 1. The van der Waals surface area contributed by atoms with Gasteiger partial charge in [-0.1, -0.05) is 43.7 Å². The lowest BCUT2D eigenvalue weighted by Gasteiger charge is -2.09. The van der Waals surface area contributed by atoms with Gasteiger partial charge >= 0.3 is 0 Å². The monoisotopic (exact) mass is 414 g/mol. The smallest absolute Gasteiger partial charge is 0.229 e. The lowest BCUT2D eigenvalue weighted by molar-refractivity contribution is -0.115. The molecule has 0 fully saturated rings. The zero-order valence-corrected chi connectivity index (χ0v) is 17.8. The molecule has 1 aromatic carbocycles. The molecule has 3 aromatic heterocycles. The molecule has 0 unspecified atom stereocenters. The van der Waals surface area contributed by atoms with Gasteiger partial charge in [-0.25, -0.2) is 15.0 Å². The van der Waals surface area contributed by atoms with Crippen LogP contribution in [-0.2, 0) is 17.8 Å². The van der Waals surface area contributed by atoms with Crippen LogP contribution in [0.3, 0.4) is 0 Å². The Morgan fingerprint density at radius 1 is 1.06 bits per heavy atom. The number of nitrogens with two attached hydrogens (primary N) is 1. The maximum Gasteiger partial charge on any atom is 0.229 e. The van der Waals surface area contributed by atoms with E-state index in [-0.39, 0.29) is 12.3 Å². The molecular weight excluding hydrogens is 388 g/mol. The highest BCUT2D eigenvalue weighted by atomic mass is 16.1. The number of hydrogen-bond donors (Lipinski definition) is 2.